The Hall–Kier alpha value is -4.21. The van der Waals surface area contributed by atoms with Gasteiger partial charge in [0.05, 0.1) is 10.5 Å². The van der Waals surface area contributed by atoms with Crippen LogP contribution in [0.1, 0.15) is 5.56 Å². The summed E-state index contributed by atoms with van der Waals surface area (Å²) in [5.41, 5.74) is 3.54. The molecule has 1 aromatic heterocycles. The number of nitrogens with one attached hydrogen (secondary N) is 1. The van der Waals surface area contributed by atoms with E-state index >= 15 is 0 Å². The maximum atomic E-state index is 11.9. The summed E-state index contributed by atoms with van der Waals surface area (Å²) in [5, 5.41) is 26.5. The van der Waals surface area contributed by atoms with E-state index in [0.29, 0.717) is 11.4 Å². The van der Waals surface area contributed by atoms with Gasteiger partial charge < -0.3 is 0 Å². The third-order valence-electron chi connectivity index (χ3n) is 3.53. The molecule has 0 bridgehead atoms. The van der Waals surface area contributed by atoms with Gasteiger partial charge >= 0.3 is 0 Å². The van der Waals surface area contributed by atoms with Crippen LogP contribution in [0.4, 0.5) is 5.69 Å². The fraction of sp³-hybridized carbons (Fsp3) is 0.0556. The Morgan fingerprint density at radius 3 is 2.71 bits per heavy atom. The number of para-hydroxylation sites is 1. The van der Waals surface area contributed by atoms with Gasteiger partial charge in [-0.15, -0.1) is 10.2 Å². The molecule has 3 rings (SSSR count). The van der Waals surface area contributed by atoms with Crippen LogP contribution in [0.3, 0.4) is 0 Å². The van der Waals surface area contributed by atoms with Crippen molar-refractivity contribution < 1.29 is 9.72 Å². The minimum absolute atomic E-state index is 0.0114. The number of hydrazone groups is 1. The molecule has 1 N–H and O–H groups in total. The van der Waals surface area contributed by atoms with E-state index in [-0.39, 0.29) is 12.2 Å². The molecular formula is C18H15N7O3. The second kappa shape index (κ2) is 8.94. The first kappa shape index (κ1) is 18.6. The van der Waals surface area contributed by atoms with Gasteiger partial charge in [-0.1, -0.05) is 42.5 Å². The van der Waals surface area contributed by atoms with Gasteiger partial charge in [-0.25, -0.2) is 5.43 Å². The molecule has 3 aromatic rings. The number of hydrogen-bond donors (Lipinski definition) is 1. The van der Waals surface area contributed by atoms with Gasteiger partial charge in [-0.2, -0.15) is 9.90 Å². The average molecular weight is 377 g/mol. The number of nitro benzene ring substituents is 1. The number of nitrogens with zero attached hydrogens (tertiary/aromatic N) is 6. The summed E-state index contributed by atoms with van der Waals surface area (Å²) in [5.74, 6) is -0.0170. The van der Waals surface area contributed by atoms with Crippen LogP contribution in [0.5, 0.6) is 0 Å². The zero-order chi connectivity index (χ0) is 19.8. The number of amides is 1. The highest BCUT2D eigenvalue weighted by Crippen LogP contribution is 2.18. The molecule has 1 amide bonds. The van der Waals surface area contributed by atoms with Crippen LogP contribution in [-0.2, 0) is 11.3 Å². The van der Waals surface area contributed by atoms with E-state index in [9.17, 15) is 14.9 Å². The minimum atomic E-state index is -0.465. The van der Waals surface area contributed by atoms with Crippen LogP contribution in [0, 0.1) is 10.1 Å². The van der Waals surface area contributed by atoms with Crippen molar-refractivity contribution in [3.63, 3.8) is 0 Å². The van der Waals surface area contributed by atoms with Crippen LogP contribution < -0.4 is 5.43 Å². The maximum Gasteiger partial charge on any atom is 0.276 e. The Labute approximate surface area is 159 Å². The lowest BCUT2D eigenvalue weighted by atomic mass is 10.2. The molecule has 0 saturated heterocycles. The largest absolute Gasteiger partial charge is 0.276 e. The number of aromatic nitrogens is 4. The Balaban J connectivity index is 1.52. The maximum absolute atomic E-state index is 11.9. The van der Waals surface area contributed by atoms with Gasteiger partial charge in [-0.3, -0.25) is 14.9 Å². The number of nitro groups is 1. The monoisotopic (exact) mass is 377 g/mol. The summed E-state index contributed by atoms with van der Waals surface area (Å²) in [6, 6.07) is 15.6. The molecule has 1 heterocycles. The van der Waals surface area contributed by atoms with E-state index in [1.54, 1.807) is 18.2 Å². The van der Waals surface area contributed by atoms with Gasteiger partial charge in [0.15, 0.2) is 0 Å². The lowest BCUT2D eigenvalue weighted by molar-refractivity contribution is -0.385. The predicted molar refractivity (Wildman–Crippen MR) is 102 cm³/mol. The van der Waals surface area contributed by atoms with Crippen molar-refractivity contribution >= 4 is 23.9 Å². The number of carbonyl (C=O) groups excluding carboxylic acids is 1. The number of allylic oxidation sites excluding steroid dienone is 1. The third kappa shape index (κ3) is 4.91. The molecule has 10 nitrogen and oxygen atoms in total. The highest BCUT2D eigenvalue weighted by molar-refractivity contribution is 5.82. The van der Waals surface area contributed by atoms with Crippen LogP contribution in [0.15, 0.2) is 65.8 Å². The molecule has 28 heavy (non-hydrogen) atoms. The molecule has 2 aromatic carbocycles. The Morgan fingerprint density at radius 1 is 1.18 bits per heavy atom. The Kier molecular flexibility index (Phi) is 5.93. The second-order valence-corrected chi connectivity index (χ2v) is 5.50. The van der Waals surface area contributed by atoms with Crippen molar-refractivity contribution in [3.05, 3.63) is 76.4 Å². The van der Waals surface area contributed by atoms with Gasteiger partial charge in [0, 0.05) is 17.8 Å². The van der Waals surface area contributed by atoms with E-state index in [1.165, 1.54) is 24.4 Å². The van der Waals surface area contributed by atoms with E-state index in [1.807, 2.05) is 30.3 Å². The fourth-order valence-electron chi connectivity index (χ4n) is 2.27. The zero-order valence-electron chi connectivity index (χ0n) is 14.5. The molecule has 0 atom stereocenters. The molecule has 0 fully saturated rings. The normalized spacial score (nSPS) is 11.1. The van der Waals surface area contributed by atoms with E-state index < -0.39 is 10.8 Å². The topological polar surface area (TPSA) is 128 Å². The summed E-state index contributed by atoms with van der Waals surface area (Å²) in [7, 11) is 0. The number of tetrazole rings is 1. The summed E-state index contributed by atoms with van der Waals surface area (Å²) in [6.45, 7) is -0.148. The van der Waals surface area contributed by atoms with Crippen molar-refractivity contribution in [1.29, 1.82) is 0 Å². The highest BCUT2D eigenvalue weighted by atomic mass is 16.6. The summed E-state index contributed by atoms with van der Waals surface area (Å²) >= 11 is 0. The minimum Gasteiger partial charge on any atom is -0.271 e. The molecular weight excluding hydrogens is 362 g/mol. The SMILES string of the molecule is O=C(Cn1nnc(-c2ccccc2)n1)N/N=C/C=C/c1ccccc1[N+](=O)[O-]. The molecule has 0 aliphatic carbocycles. The fourth-order valence-corrected chi connectivity index (χ4v) is 2.27. The lowest BCUT2D eigenvalue weighted by Gasteiger charge is -1.97. The van der Waals surface area contributed by atoms with Gasteiger partial charge in [0.2, 0.25) is 5.82 Å². The molecule has 0 aliphatic rings. The van der Waals surface area contributed by atoms with Crippen LogP contribution >= 0.6 is 0 Å². The van der Waals surface area contributed by atoms with E-state index in [2.05, 4.69) is 25.9 Å². The van der Waals surface area contributed by atoms with Crippen molar-refractivity contribution in [1.82, 2.24) is 25.6 Å². The number of rotatable bonds is 7. The second-order valence-electron chi connectivity index (χ2n) is 5.50. The number of benzene rings is 2. The Morgan fingerprint density at radius 2 is 1.93 bits per heavy atom. The molecule has 0 spiro atoms. The number of carbonyl (C=O) groups is 1. The van der Waals surface area contributed by atoms with Crippen LogP contribution in [-0.4, -0.2) is 37.3 Å². The summed E-state index contributed by atoms with van der Waals surface area (Å²) < 4.78 is 0. The van der Waals surface area contributed by atoms with Crippen molar-refractivity contribution in [2.24, 2.45) is 5.10 Å². The quantitative estimate of drug-likeness (QED) is 0.381. The Bertz CT molecular complexity index is 1030. The van der Waals surface area contributed by atoms with E-state index in [0.717, 1.165) is 10.4 Å². The highest BCUT2D eigenvalue weighted by Gasteiger charge is 2.09. The standard InChI is InChI=1S/C18H15N7O3/c26-17(13-24-22-18(21-23-24)15-8-2-1-3-9-15)20-19-12-6-10-14-7-4-5-11-16(14)25(27)28/h1-12H,13H2,(H,20,26)/b10-6+,19-12+. The smallest absolute Gasteiger partial charge is 0.271 e. The number of hydrogen-bond acceptors (Lipinski definition) is 7. The predicted octanol–water partition coefficient (Wildman–Crippen LogP) is 2.06. The first-order chi connectivity index (χ1) is 13.6. The van der Waals surface area contributed by atoms with Crippen molar-refractivity contribution in [2.75, 3.05) is 0 Å². The molecule has 0 unspecified atom stereocenters. The van der Waals surface area contributed by atoms with E-state index in [4.69, 9.17) is 0 Å². The zero-order valence-corrected chi connectivity index (χ0v) is 14.5. The molecule has 0 aliphatic heterocycles. The van der Waals surface area contributed by atoms with Crippen molar-refractivity contribution in [3.8, 4) is 11.4 Å². The molecule has 10 heteroatoms. The van der Waals surface area contributed by atoms with Gasteiger partial charge in [-0.05, 0) is 23.4 Å². The third-order valence-corrected chi connectivity index (χ3v) is 3.53. The summed E-state index contributed by atoms with van der Waals surface area (Å²) in [4.78, 5) is 23.5. The first-order valence-corrected chi connectivity index (χ1v) is 8.19. The van der Waals surface area contributed by atoms with Crippen LogP contribution in [0.2, 0.25) is 0 Å². The van der Waals surface area contributed by atoms with Gasteiger partial charge in [0.1, 0.15) is 6.54 Å². The van der Waals surface area contributed by atoms with Gasteiger partial charge in [0.25, 0.3) is 11.6 Å². The molecule has 140 valence electrons. The first-order valence-electron chi connectivity index (χ1n) is 8.19. The average Bonchev–Trinajstić information content (AvgIpc) is 3.17. The lowest BCUT2D eigenvalue weighted by Crippen LogP contribution is -2.24. The molecule has 0 radical (unpaired) electrons. The van der Waals surface area contributed by atoms with Crippen molar-refractivity contribution in [2.45, 2.75) is 6.54 Å². The van der Waals surface area contributed by atoms with Crippen LogP contribution in [0.25, 0.3) is 17.5 Å². The molecule has 0 saturated carbocycles. The summed E-state index contributed by atoms with van der Waals surface area (Å²) in [6.07, 6.45) is 4.33.